The second-order valence-electron chi connectivity index (χ2n) is 1.58. The molecular formula is C6H7NNaO2. The van der Waals surface area contributed by atoms with Gasteiger partial charge >= 0.3 is 0 Å². The number of rotatable bonds is 2. The fraction of sp³-hybridized carbons (Fsp3) is 0.167. The molecule has 0 aromatic carbocycles. The number of nitrogens with zero attached hydrogens (tertiary/aromatic N) is 1. The van der Waals surface area contributed by atoms with Crippen LogP contribution in [0, 0.1) is 0 Å². The van der Waals surface area contributed by atoms with Gasteiger partial charge in [-0.3, -0.25) is 0 Å². The van der Waals surface area contributed by atoms with E-state index in [1.165, 1.54) is 6.21 Å². The first-order valence-electron chi connectivity index (χ1n) is 2.62. The topological polar surface area (TPSA) is 45.7 Å². The van der Waals surface area contributed by atoms with Crippen LogP contribution in [-0.4, -0.2) is 41.0 Å². The first-order valence-corrected chi connectivity index (χ1v) is 2.62. The Hall–Kier alpha value is -0.250. The minimum absolute atomic E-state index is 0. The van der Waals surface area contributed by atoms with Gasteiger partial charge in [0, 0.05) is 36.0 Å². The van der Waals surface area contributed by atoms with E-state index in [2.05, 4.69) is 5.16 Å². The summed E-state index contributed by atoms with van der Waals surface area (Å²) in [6.07, 6.45) is 3.50. The Kier molecular flexibility index (Phi) is 5.39. The average molecular weight is 148 g/mol. The zero-order valence-electron chi connectivity index (χ0n) is 5.82. The SMILES string of the molecule is ON=CCc1ccco1.[Na]. The molecule has 0 amide bonds. The first-order chi connectivity index (χ1) is 4.43. The summed E-state index contributed by atoms with van der Waals surface area (Å²) < 4.78 is 4.93. The normalized spacial score (nSPS) is 9.60. The van der Waals surface area contributed by atoms with Gasteiger partial charge in [-0.2, -0.15) is 0 Å². The molecule has 10 heavy (non-hydrogen) atoms. The number of furan rings is 1. The molecule has 49 valence electrons. The van der Waals surface area contributed by atoms with Crippen molar-refractivity contribution in [3.05, 3.63) is 24.2 Å². The third kappa shape index (κ3) is 3.06. The predicted octanol–water partition coefficient (Wildman–Crippen LogP) is 0.901. The van der Waals surface area contributed by atoms with Crippen LogP contribution >= 0.6 is 0 Å². The quantitative estimate of drug-likeness (QED) is 0.293. The van der Waals surface area contributed by atoms with E-state index >= 15 is 0 Å². The van der Waals surface area contributed by atoms with Crippen molar-refractivity contribution in [2.45, 2.75) is 6.42 Å². The summed E-state index contributed by atoms with van der Waals surface area (Å²) in [5.41, 5.74) is 0. The van der Waals surface area contributed by atoms with E-state index in [1.807, 2.05) is 6.07 Å². The number of oxime groups is 1. The first kappa shape index (κ1) is 9.75. The van der Waals surface area contributed by atoms with E-state index in [0.29, 0.717) is 6.42 Å². The zero-order valence-corrected chi connectivity index (χ0v) is 7.82. The Morgan fingerprint density at radius 3 is 3.00 bits per heavy atom. The Balaban J connectivity index is 0.000000810. The smallest absolute Gasteiger partial charge is 0.109 e. The van der Waals surface area contributed by atoms with Crippen molar-refractivity contribution in [3.63, 3.8) is 0 Å². The summed E-state index contributed by atoms with van der Waals surface area (Å²) in [5.74, 6) is 0.799. The molecule has 0 bridgehead atoms. The van der Waals surface area contributed by atoms with Crippen LogP contribution in [0.5, 0.6) is 0 Å². The van der Waals surface area contributed by atoms with Crippen LogP contribution in [0.15, 0.2) is 28.0 Å². The minimum Gasteiger partial charge on any atom is -0.469 e. The standard InChI is InChI=1S/C6H7NO2.Na/c8-7-4-3-6-2-1-5-9-6;/h1-2,4-5,8H,3H2;. The summed E-state index contributed by atoms with van der Waals surface area (Å²) in [6.45, 7) is 0. The molecule has 0 aliphatic carbocycles. The molecule has 1 rings (SSSR count). The Labute approximate surface area is 81.0 Å². The Morgan fingerprint density at radius 1 is 1.70 bits per heavy atom. The van der Waals surface area contributed by atoms with Crippen LogP contribution in [0.2, 0.25) is 0 Å². The van der Waals surface area contributed by atoms with E-state index < -0.39 is 0 Å². The second-order valence-corrected chi connectivity index (χ2v) is 1.58. The molecule has 1 aromatic heterocycles. The summed E-state index contributed by atoms with van der Waals surface area (Å²) >= 11 is 0. The molecule has 1 N–H and O–H groups in total. The van der Waals surface area contributed by atoms with Gasteiger partial charge in [-0.25, -0.2) is 0 Å². The molecule has 0 aliphatic heterocycles. The van der Waals surface area contributed by atoms with Gasteiger partial charge in [0.05, 0.1) is 12.5 Å². The summed E-state index contributed by atoms with van der Waals surface area (Å²) in [5, 5.41) is 10.8. The molecule has 0 atom stereocenters. The maximum Gasteiger partial charge on any atom is 0.109 e. The van der Waals surface area contributed by atoms with Crippen LogP contribution in [-0.2, 0) is 6.42 Å². The molecule has 0 spiro atoms. The van der Waals surface area contributed by atoms with E-state index in [0.717, 1.165) is 5.76 Å². The summed E-state index contributed by atoms with van der Waals surface area (Å²) in [6, 6.07) is 3.61. The van der Waals surface area contributed by atoms with Gasteiger partial charge in [0.15, 0.2) is 0 Å². The summed E-state index contributed by atoms with van der Waals surface area (Å²) in [4.78, 5) is 0. The fourth-order valence-electron chi connectivity index (χ4n) is 0.560. The maximum atomic E-state index is 7.99. The summed E-state index contributed by atoms with van der Waals surface area (Å²) in [7, 11) is 0. The van der Waals surface area contributed by atoms with Crippen LogP contribution in [0.25, 0.3) is 0 Å². The van der Waals surface area contributed by atoms with Gasteiger partial charge in [0.25, 0.3) is 0 Å². The van der Waals surface area contributed by atoms with Gasteiger partial charge in [-0.15, -0.1) is 5.16 Å². The predicted molar refractivity (Wildman–Crippen MR) is 38.4 cm³/mol. The molecule has 0 fully saturated rings. The Morgan fingerprint density at radius 2 is 2.50 bits per heavy atom. The van der Waals surface area contributed by atoms with Crippen molar-refractivity contribution in [3.8, 4) is 0 Å². The van der Waals surface area contributed by atoms with Gasteiger partial charge < -0.3 is 9.62 Å². The molecule has 0 saturated carbocycles. The van der Waals surface area contributed by atoms with Gasteiger partial charge in [0.2, 0.25) is 0 Å². The molecule has 0 unspecified atom stereocenters. The van der Waals surface area contributed by atoms with E-state index in [1.54, 1.807) is 12.3 Å². The molecule has 3 nitrogen and oxygen atoms in total. The molecule has 0 saturated heterocycles. The molecule has 4 heteroatoms. The van der Waals surface area contributed by atoms with Crippen LogP contribution < -0.4 is 0 Å². The average Bonchev–Trinajstić information content (AvgIpc) is 2.34. The van der Waals surface area contributed by atoms with Crippen molar-refractivity contribution < 1.29 is 9.62 Å². The van der Waals surface area contributed by atoms with Crippen LogP contribution in [0.3, 0.4) is 0 Å². The van der Waals surface area contributed by atoms with Gasteiger partial charge in [-0.1, -0.05) is 0 Å². The third-order valence-electron chi connectivity index (χ3n) is 0.954. The molecule has 1 aromatic rings. The molecular weight excluding hydrogens is 141 g/mol. The van der Waals surface area contributed by atoms with Crippen LogP contribution in [0.4, 0.5) is 0 Å². The van der Waals surface area contributed by atoms with Gasteiger partial charge in [0.1, 0.15) is 5.76 Å². The van der Waals surface area contributed by atoms with E-state index in [-0.39, 0.29) is 29.6 Å². The van der Waals surface area contributed by atoms with Crippen molar-refractivity contribution >= 4 is 35.8 Å². The largest absolute Gasteiger partial charge is 0.469 e. The fourth-order valence-corrected chi connectivity index (χ4v) is 0.560. The monoisotopic (exact) mass is 148 g/mol. The zero-order chi connectivity index (χ0) is 6.53. The van der Waals surface area contributed by atoms with Crippen molar-refractivity contribution in [2.24, 2.45) is 5.16 Å². The Bertz CT molecular complexity index is 184. The van der Waals surface area contributed by atoms with Gasteiger partial charge in [-0.05, 0) is 12.1 Å². The molecule has 1 heterocycles. The van der Waals surface area contributed by atoms with Crippen molar-refractivity contribution in [2.75, 3.05) is 0 Å². The number of hydrogen-bond donors (Lipinski definition) is 1. The molecule has 0 aliphatic rings. The third-order valence-corrected chi connectivity index (χ3v) is 0.954. The van der Waals surface area contributed by atoms with Crippen LogP contribution in [0.1, 0.15) is 5.76 Å². The van der Waals surface area contributed by atoms with Crippen molar-refractivity contribution in [1.82, 2.24) is 0 Å². The minimum atomic E-state index is 0. The van der Waals surface area contributed by atoms with Crippen molar-refractivity contribution in [1.29, 1.82) is 0 Å². The van der Waals surface area contributed by atoms with E-state index in [9.17, 15) is 0 Å². The second kappa shape index (κ2) is 5.53. The maximum absolute atomic E-state index is 7.99. The molecule has 1 radical (unpaired) electrons. The number of hydrogen-bond acceptors (Lipinski definition) is 3. The van der Waals surface area contributed by atoms with E-state index in [4.69, 9.17) is 9.62 Å².